The van der Waals surface area contributed by atoms with E-state index in [-0.39, 0.29) is 5.41 Å². The third-order valence-corrected chi connectivity index (χ3v) is 1.64. The van der Waals surface area contributed by atoms with Crippen LogP contribution in [0.1, 0.15) is 41.5 Å². The third-order valence-electron chi connectivity index (χ3n) is 1.64. The van der Waals surface area contributed by atoms with Gasteiger partial charge in [-0.25, -0.2) is 0 Å². The molecule has 0 bridgehead atoms. The lowest BCUT2D eigenvalue weighted by molar-refractivity contribution is 0.253. The molecule has 0 saturated carbocycles. The molecule has 1 heteroatoms. The van der Waals surface area contributed by atoms with Crippen molar-refractivity contribution < 1.29 is 5.11 Å². The summed E-state index contributed by atoms with van der Waals surface area (Å²) in [5.41, 5.74) is 1.26. The molecule has 0 rings (SSSR count). The van der Waals surface area contributed by atoms with Gasteiger partial charge in [-0.2, -0.15) is 0 Å². The molecular weight excluding hydrogens is 172 g/mol. The van der Waals surface area contributed by atoms with Crippen LogP contribution < -0.4 is 0 Å². The Labute approximate surface area is 88.2 Å². The summed E-state index contributed by atoms with van der Waals surface area (Å²) in [7, 11) is 0. The Hall–Kier alpha value is -0.740. The van der Waals surface area contributed by atoms with E-state index >= 15 is 0 Å². The lowest BCUT2D eigenvalue weighted by Gasteiger charge is -2.15. The van der Waals surface area contributed by atoms with Gasteiger partial charge >= 0.3 is 0 Å². The first-order valence-electron chi connectivity index (χ1n) is 5.14. The molecule has 0 saturated heterocycles. The van der Waals surface area contributed by atoms with Crippen molar-refractivity contribution in [2.75, 3.05) is 0 Å². The van der Waals surface area contributed by atoms with Crippen LogP contribution in [-0.2, 0) is 0 Å². The molecule has 1 atom stereocenters. The Kier molecular flexibility index (Phi) is 4.94. The van der Waals surface area contributed by atoms with Crippen LogP contribution >= 0.6 is 0 Å². The van der Waals surface area contributed by atoms with Crippen LogP contribution in [0.2, 0.25) is 0 Å². The van der Waals surface area contributed by atoms with E-state index in [0.29, 0.717) is 5.92 Å². The van der Waals surface area contributed by atoms with Gasteiger partial charge in [0.25, 0.3) is 0 Å². The lowest BCUT2D eigenvalue weighted by Crippen LogP contribution is -2.04. The molecule has 1 N–H and O–H groups in total. The van der Waals surface area contributed by atoms with E-state index in [1.165, 1.54) is 0 Å². The molecule has 0 amide bonds. The zero-order valence-electron chi connectivity index (χ0n) is 10.2. The second kappa shape index (κ2) is 5.22. The molecule has 1 nitrogen and oxygen atoms in total. The van der Waals surface area contributed by atoms with Crippen molar-refractivity contribution in [1.29, 1.82) is 0 Å². The van der Waals surface area contributed by atoms with Crippen molar-refractivity contribution in [2.45, 2.75) is 47.6 Å². The fourth-order valence-corrected chi connectivity index (χ4v) is 1.00. The van der Waals surface area contributed by atoms with Crippen LogP contribution in [-0.4, -0.2) is 11.2 Å². The van der Waals surface area contributed by atoms with Crippen LogP contribution in [0.25, 0.3) is 0 Å². The minimum absolute atomic E-state index is 0.146. The summed E-state index contributed by atoms with van der Waals surface area (Å²) in [5, 5.41) is 9.08. The molecule has 0 aromatic heterocycles. The summed E-state index contributed by atoms with van der Waals surface area (Å²) < 4.78 is 0. The van der Waals surface area contributed by atoms with Gasteiger partial charge in [-0.1, -0.05) is 52.5 Å². The van der Waals surface area contributed by atoms with Crippen LogP contribution in [0.5, 0.6) is 0 Å². The summed E-state index contributed by atoms with van der Waals surface area (Å²) in [5.74, 6) is 6.24. The molecular formula is C13H22O. The maximum Gasteiger partial charge on any atom is 0.112 e. The Morgan fingerprint density at radius 3 is 2.00 bits per heavy atom. The molecule has 0 aliphatic heterocycles. The maximum atomic E-state index is 9.08. The summed E-state index contributed by atoms with van der Waals surface area (Å²) in [4.78, 5) is 0. The summed E-state index contributed by atoms with van der Waals surface area (Å²) in [6.45, 7) is 12.4. The fourth-order valence-electron chi connectivity index (χ4n) is 1.00. The lowest BCUT2D eigenvalue weighted by atomic mass is 9.90. The third kappa shape index (κ3) is 6.74. The monoisotopic (exact) mass is 194 g/mol. The molecule has 14 heavy (non-hydrogen) atoms. The molecule has 0 spiro atoms. The van der Waals surface area contributed by atoms with Gasteiger partial charge in [0.2, 0.25) is 0 Å². The van der Waals surface area contributed by atoms with Gasteiger partial charge in [0, 0.05) is 5.57 Å². The van der Waals surface area contributed by atoms with Gasteiger partial charge in [0.15, 0.2) is 0 Å². The predicted molar refractivity (Wildman–Crippen MR) is 61.8 cm³/mol. The van der Waals surface area contributed by atoms with Crippen LogP contribution in [0.15, 0.2) is 11.6 Å². The Morgan fingerprint density at radius 1 is 1.21 bits per heavy atom. The normalized spacial score (nSPS) is 15.0. The second-order valence-electron chi connectivity index (χ2n) is 5.07. The fraction of sp³-hybridized carbons (Fsp3) is 0.692. The number of hydrogen-bond acceptors (Lipinski definition) is 1. The van der Waals surface area contributed by atoms with Gasteiger partial charge in [-0.3, -0.25) is 0 Å². The highest BCUT2D eigenvalue weighted by atomic mass is 16.3. The average molecular weight is 194 g/mol. The van der Waals surface area contributed by atoms with Crippen LogP contribution in [0, 0.1) is 23.2 Å². The van der Waals surface area contributed by atoms with Crippen molar-refractivity contribution in [3.63, 3.8) is 0 Å². The van der Waals surface area contributed by atoms with E-state index in [0.717, 1.165) is 5.57 Å². The number of allylic oxidation sites excluding steroid dienone is 2. The van der Waals surface area contributed by atoms with Crippen molar-refractivity contribution >= 4 is 0 Å². The second-order valence-corrected chi connectivity index (χ2v) is 5.07. The Bertz CT molecular complexity index is 253. The highest BCUT2D eigenvalue weighted by Gasteiger charge is 2.09. The molecule has 0 aliphatic rings. The zero-order chi connectivity index (χ0) is 11.4. The van der Waals surface area contributed by atoms with Crippen molar-refractivity contribution in [3.05, 3.63) is 11.6 Å². The summed E-state index contributed by atoms with van der Waals surface area (Å²) in [6.07, 6.45) is 1.63. The first-order chi connectivity index (χ1) is 6.22. The van der Waals surface area contributed by atoms with Crippen molar-refractivity contribution in [2.24, 2.45) is 11.3 Å². The molecule has 0 aliphatic carbocycles. The number of rotatable bonds is 1. The number of aliphatic hydroxyl groups is 1. The molecule has 1 unspecified atom stereocenters. The van der Waals surface area contributed by atoms with Crippen molar-refractivity contribution in [3.8, 4) is 11.8 Å². The highest BCUT2D eigenvalue weighted by Crippen LogP contribution is 2.21. The zero-order valence-corrected chi connectivity index (χ0v) is 10.2. The summed E-state index contributed by atoms with van der Waals surface area (Å²) in [6, 6.07) is 0. The highest BCUT2D eigenvalue weighted by molar-refractivity contribution is 5.32. The molecule has 0 aromatic carbocycles. The molecule has 0 radical (unpaired) electrons. The molecule has 0 aromatic rings. The van der Waals surface area contributed by atoms with Crippen LogP contribution in [0.4, 0.5) is 0 Å². The van der Waals surface area contributed by atoms with E-state index in [1.54, 1.807) is 6.92 Å². The van der Waals surface area contributed by atoms with E-state index in [1.807, 2.05) is 0 Å². The largest absolute Gasteiger partial charge is 0.381 e. The quantitative estimate of drug-likeness (QED) is 0.636. The van der Waals surface area contributed by atoms with Gasteiger partial charge in [0.05, 0.1) is 0 Å². The minimum atomic E-state index is -0.544. The SMILES string of the molecule is CC(O)C#CC(=CC(C)(C)C)C(C)C. The topological polar surface area (TPSA) is 20.2 Å². The smallest absolute Gasteiger partial charge is 0.112 e. The summed E-state index contributed by atoms with van der Waals surface area (Å²) >= 11 is 0. The van der Waals surface area contributed by atoms with Gasteiger partial charge in [-0.05, 0) is 18.3 Å². The first kappa shape index (κ1) is 13.3. The van der Waals surface area contributed by atoms with Gasteiger partial charge in [-0.15, -0.1) is 0 Å². The van der Waals surface area contributed by atoms with E-state index < -0.39 is 6.10 Å². The Balaban J connectivity index is 4.83. The standard InChI is InChI=1S/C13H22O/c1-10(2)12(8-7-11(3)14)9-13(4,5)6/h9-11,14H,1-6H3. The van der Waals surface area contributed by atoms with E-state index in [4.69, 9.17) is 5.11 Å². The van der Waals surface area contributed by atoms with E-state index in [9.17, 15) is 0 Å². The molecule has 0 heterocycles. The van der Waals surface area contributed by atoms with Crippen molar-refractivity contribution in [1.82, 2.24) is 0 Å². The molecule has 80 valence electrons. The van der Waals surface area contributed by atoms with Gasteiger partial charge in [0.1, 0.15) is 6.10 Å². The Morgan fingerprint density at radius 2 is 1.71 bits per heavy atom. The number of aliphatic hydroxyl groups excluding tert-OH is 1. The van der Waals surface area contributed by atoms with Crippen LogP contribution in [0.3, 0.4) is 0 Å². The van der Waals surface area contributed by atoms with Gasteiger partial charge < -0.3 is 5.11 Å². The maximum absolute atomic E-state index is 9.08. The first-order valence-corrected chi connectivity index (χ1v) is 5.14. The van der Waals surface area contributed by atoms with E-state index in [2.05, 4.69) is 52.5 Å². The predicted octanol–water partition coefficient (Wildman–Crippen LogP) is 3.00. The average Bonchev–Trinajstić information content (AvgIpc) is 1.94. The molecule has 0 fully saturated rings. The number of hydrogen-bond donors (Lipinski definition) is 1. The minimum Gasteiger partial charge on any atom is -0.381 e.